The maximum Gasteiger partial charge on any atom is 0.306 e. The van der Waals surface area contributed by atoms with Crippen molar-refractivity contribution in [2.24, 2.45) is 0 Å². The van der Waals surface area contributed by atoms with Gasteiger partial charge in [0.05, 0.1) is 39.3 Å². The molecule has 0 bridgehead atoms. The average Bonchev–Trinajstić information content (AvgIpc) is 3.42. The highest BCUT2D eigenvalue weighted by Crippen LogP contribution is 2.40. The lowest BCUT2D eigenvalue weighted by atomic mass is 10.0. The quantitative estimate of drug-likeness (QED) is 0.0509. The monoisotopic (exact) mass is 1060 g/mol. The van der Waals surface area contributed by atoms with Crippen molar-refractivity contribution in [2.45, 2.75) is 348 Å². The third-order valence-corrected chi connectivity index (χ3v) is 15.1. The fourth-order valence-electron chi connectivity index (χ4n) is 10.2. The minimum absolute atomic E-state index is 0.0364. The van der Waals surface area contributed by atoms with Gasteiger partial charge in [-0.15, -0.1) is 0 Å². The number of rotatable bonds is 61. The van der Waals surface area contributed by atoms with Gasteiger partial charge in [0.25, 0.3) is 0 Å². The van der Waals surface area contributed by atoms with Crippen LogP contribution in [0.3, 0.4) is 0 Å². The number of carbonyl (C=O) groups is 2. The van der Waals surface area contributed by atoms with Crippen molar-refractivity contribution in [3.05, 3.63) is 17.7 Å². The van der Waals surface area contributed by atoms with Crippen LogP contribution in [-0.4, -0.2) is 50.1 Å². The van der Waals surface area contributed by atoms with E-state index in [4.69, 9.17) is 28.8 Å². The molecule has 0 saturated heterocycles. The van der Waals surface area contributed by atoms with E-state index in [1.54, 1.807) is 0 Å². The summed E-state index contributed by atoms with van der Waals surface area (Å²) in [4.78, 5) is 24.7. The molecular weight excluding hydrogens is 933 g/mol. The molecule has 75 heavy (non-hydrogen) atoms. The van der Waals surface area contributed by atoms with E-state index < -0.39 is 11.9 Å². The maximum atomic E-state index is 12.7. The zero-order valence-corrected chi connectivity index (χ0v) is 50.1. The molecule has 1 aromatic carbocycles. The van der Waals surface area contributed by atoms with E-state index in [2.05, 4.69) is 20.8 Å². The van der Waals surface area contributed by atoms with Gasteiger partial charge in [0, 0.05) is 0 Å². The summed E-state index contributed by atoms with van der Waals surface area (Å²) in [5, 5.41) is 8.97. The highest BCUT2D eigenvalue weighted by atomic mass is 16.6. The first-order chi connectivity index (χ1) is 37.0. The second-order valence-electron chi connectivity index (χ2n) is 22.5. The van der Waals surface area contributed by atoms with Crippen LogP contribution in [0.15, 0.2) is 12.1 Å². The molecule has 8 heteroatoms. The summed E-state index contributed by atoms with van der Waals surface area (Å²) in [5.41, 5.74) is 0.768. The van der Waals surface area contributed by atoms with Gasteiger partial charge in [0.15, 0.2) is 11.5 Å². The highest BCUT2D eigenvalue weighted by molar-refractivity contribution is 5.77. The molecular formula is C67H124O8. The summed E-state index contributed by atoms with van der Waals surface area (Å²) in [6.45, 7) is 8.36. The van der Waals surface area contributed by atoms with Crippen LogP contribution < -0.4 is 14.2 Å². The van der Waals surface area contributed by atoms with E-state index >= 15 is 0 Å². The standard InChI is InChI=1S/C67H124O8/c1-4-7-10-13-16-19-22-25-28-31-34-37-40-43-46-49-55-71-63-59-62(61-75-66(70)53-52-65(69)73-58-54-68)60-64(72-56-50-47-44-41-38-35-32-29-26-23-20-17-14-11-8-5-2)67(63)74-57-51-48-45-42-39-36-33-30-27-24-21-18-15-12-9-6-3/h59-60,68H,4-58,61H2,1-3H3. The molecule has 8 nitrogen and oxygen atoms in total. The van der Waals surface area contributed by atoms with Crippen molar-refractivity contribution >= 4 is 11.9 Å². The molecule has 0 saturated carbocycles. The molecule has 0 unspecified atom stereocenters. The molecule has 0 heterocycles. The van der Waals surface area contributed by atoms with Crippen molar-refractivity contribution in [1.29, 1.82) is 0 Å². The van der Waals surface area contributed by atoms with Crippen molar-refractivity contribution in [1.82, 2.24) is 0 Å². The minimum Gasteiger partial charge on any atom is -0.490 e. The lowest BCUT2D eigenvalue weighted by Gasteiger charge is -2.19. The van der Waals surface area contributed by atoms with Gasteiger partial charge in [-0.25, -0.2) is 0 Å². The lowest BCUT2D eigenvalue weighted by molar-refractivity contribution is -0.151. The molecule has 1 N–H and O–H groups in total. The summed E-state index contributed by atoms with van der Waals surface area (Å²) in [5.74, 6) is 0.948. The number of aliphatic hydroxyl groups is 1. The van der Waals surface area contributed by atoms with E-state index in [-0.39, 0.29) is 32.7 Å². The molecule has 0 amide bonds. The van der Waals surface area contributed by atoms with Crippen molar-refractivity contribution in [3.63, 3.8) is 0 Å². The molecule has 0 fully saturated rings. The summed E-state index contributed by atoms with van der Waals surface area (Å²) in [7, 11) is 0. The van der Waals surface area contributed by atoms with Crippen molar-refractivity contribution < 1.29 is 38.4 Å². The lowest BCUT2D eigenvalue weighted by Crippen LogP contribution is -2.12. The van der Waals surface area contributed by atoms with Gasteiger partial charge in [-0.2, -0.15) is 0 Å². The Hall–Kier alpha value is -2.48. The van der Waals surface area contributed by atoms with Crippen LogP contribution in [0.4, 0.5) is 0 Å². The first-order valence-corrected chi connectivity index (χ1v) is 33.0. The number of aliphatic hydroxyl groups excluding tert-OH is 1. The summed E-state index contributed by atoms with van der Waals surface area (Å²) >= 11 is 0. The molecule has 0 radical (unpaired) electrons. The van der Waals surface area contributed by atoms with Gasteiger partial charge in [-0.05, 0) is 37.0 Å². The van der Waals surface area contributed by atoms with Crippen molar-refractivity contribution in [2.75, 3.05) is 33.0 Å². The molecule has 0 aliphatic rings. The Morgan fingerprint density at radius 2 is 0.560 bits per heavy atom. The molecule has 0 spiro atoms. The Morgan fingerprint density at radius 3 is 0.827 bits per heavy atom. The van der Waals surface area contributed by atoms with E-state index in [1.165, 1.54) is 270 Å². The fraction of sp³-hybridized carbons (Fsp3) is 0.881. The summed E-state index contributed by atoms with van der Waals surface area (Å²) in [6, 6.07) is 3.89. The Labute approximate surface area is 464 Å². The summed E-state index contributed by atoms with van der Waals surface area (Å²) < 4.78 is 30.3. The Morgan fingerprint density at radius 1 is 0.320 bits per heavy atom. The van der Waals surface area contributed by atoms with Crippen LogP contribution in [0, 0.1) is 0 Å². The molecule has 0 atom stereocenters. The van der Waals surface area contributed by atoms with Crippen LogP contribution in [0.5, 0.6) is 17.2 Å². The van der Waals surface area contributed by atoms with Gasteiger partial charge >= 0.3 is 11.9 Å². The van der Waals surface area contributed by atoms with Crippen LogP contribution in [-0.2, 0) is 25.7 Å². The minimum atomic E-state index is -0.526. The van der Waals surface area contributed by atoms with E-state index in [0.29, 0.717) is 37.1 Å². The SMILES string of the molecule is CCCCCCCCCCCCCCCCCCOc1cc(COC(=O)CCC(=O)OCCO)cc(OCCCCCCCCCCCCCCCCCC)c1OCCCCCCCCCCCCCCCCCC. The summed E-state index contributed by atoms with van der Waals surface area (Å²) in [6.07, 6.45) is 63.6. The Bertz CT molecular complexity index is 1290. The van der Waals surface area contributed by atoms with Gasteiger partial charge in [0.2, 0.25) is 5.75 Å². The second-order valence-corrected chi connectivity index (χ2v) is 22.5. The van der Waals surface area contributed by atoms with Crippen LogP contribution in [0.2, 0.25) is 0 Å². The predicted octanol–water partition coefficient (Wildman–Crippen LogP) is 21.0. The van der Waals surface area contributed by atoms with Gasteiger partial charge in [0.1, 0.15) is 13.2 Å². The number of benzene rings is 1. The zero-order valence-electron chi connectivity index (χ0n) is 50.1. The molecule has 440 valence electrons. The molecule has 1 aromatic rings. The topological polar surface area (TPSA) is 101 Å². The molecule has 0 aliphatic carbocycles. The fourth-order valence-corrected chi connectivity index (χ4v) is 10.2. The first kappa shape index (κ1) is 70.5. The van der Waals surface area contributed by atoms with Crippen LogP contribution >= 0.6 is 0 Å². The zero-order chi connectivity index (χ0) is 54.0. The maximum absolute atomic E-state index is 12.7. The smallest absolute Gasteiger partial charge is 0.306 e. The number of hydrogen-bond acceptors (Lipinski definition) is 8. The number of carbonyl (C=O) groups excluding carboxylic acids is 2. The largest absolute Gasteiger partial charge is 0.490 e. The normalized spacial score (nSPS) is 11.4. The van der Waals surface area contributed by atoms with E-state index in [0.717, 1.165) is 44.1 Å². The third kappa shape index (κ3) is 48.4. The van der Waals surface area contributed by atoms with Gasteiger partial charge in [-0.1, -0.05) is 310 Å². The van der Waals surface area contributed by atoms with Crippen LogP contribution in [0.25, 0.3) is 0 Å². The molecule has 0 aliphatic heterocycles. The second kappa shape index (κ2) is 57.7. The van der Waals surface area contributed by atoms with Crippen molar-refractivity contribution in [3.8, 4) is 17.2 Å². The highest BCUT2D eigenvalue weighted by Gasteiger charge is 2.18. The molecule has 1 rings (SSSR count). The number of ether oxygens (including phenoxy) is 5. The van der Waals surface area contributed by atoms with Crippen LogP contribution in [0.1, 0.15) is 347 Å². The van der Waals surface area contributed by atoms with E-state index in [9.17, 15) is 9.59 Å². The predicted molar refractivity (Wildman–Crippen MR) is 319 cm³/mol. The van der Waals surface area contributed by atoms with Gasteiger partial charge in [-0.3, -0.25) is 9.59 Å². The number of unbranched alkanes of at least 4 members (excludes halogenated alkanes) is 45. The Balaban J connectivity index is 2.76. The number of esters is 2. The Kier molecular flexibility index (Phi) is 54.3. The average molecular weight is 1060 g/mol. The molecule has 0 aromatic heterocycles. The van der Waals surface area contributed by atoms with E-state index in [1.807, 2.05) is 12.1 Å². The third-order valence-electron chi connectivity index (χ3n) is 15.1. The first-order valence-electron chi connectivity index (χ1n) is 33.0. The van der Waals surface area contributed by atoms with Gasteiger partial charge < -0.3 is 28.8 Å². The number of hydrogen-bond donors (Lipinski definition) is 1.